The van der Waals surface area contributed by atoms with Crippen molar-refractivity contribution in [2.24, 2.45) is 0 Å². The number of rotatable bonds is 6. The predicted molar refractivity (Wildman–Crippen MR) is 57.7 cm³/mol. The summed E-state index contributed by atoms with van der Waals surface area (Å²) in [7, 11) is 1.43. The standard InChI is InChI=1S/C11H21NO3/c1-3-5-10(11(13)14-2)12-8-9-6-4-7-15-9/h9-10,12H,3-8H2,1-2H3/t9-,10-/m1/s1. The van der Waals surface area contributed by atoms with E-state index in [1.54, 1.807) is 0 Å². The van der Waals surface area contributed by atoms with Crippen LogP contribution in [0.1, 0.15) is 32.6 Å². The molecule has 1 aliphatic rings. The fourth-order valence-electron chi connectivity index (χ4n) is 1.81. The van der Waals surface area contributed by atoms with Crippen LogP contribution in [0.15, 0.2) is 0 Å². The van der Waals surface area contributed by atoms with E-state index in [2.05, 4.69) is 12.2 Å². The van der Waals surface area contributed by atoms with Gasteiger partial charge in [-0.25, -0.2) is 0 Å². The van der Waals surface area contributed by atoms with Gasteiger partial charge in [-0.05, 0) is 19.3 Å². The van der Waals surface area contributed by atoms with Crippen molar-refractivity contribution in [3.63, 3.8) is 0 Å². The number of esters is 1. The zero-order chi connectivity index (χ0) is 11.1. The number of carbonyl (C=O) groups excluding carboxylic acids is 1. The quantitative estimate of drug-likeness (QED) is 0.674. The van der Waals surface area contributed by atoms with Crippen molar-refractivity contribution < 1.29 is 14.3 Å². The van der Waals surface area contributed by atoms with Crippen LogP contribution in [0.5, 0.6) is 0 Å². The second kappa shape index (κ2) is 6.80. The molecular weight excluding hydrogens is 194 g/mol. The molecule has 0 aromatic heterocycles. The van der Waals surface area contributed by atoms with Crippen LogP contribution in [0.2, 0.25) is 0 Å². The lowest BCUT2D eigenvalue weighted by molar-refractivity contribution is -0.143. The average molecular weight is 215 g/mol. The lowest BCUT2D eigenvalue weighted by Gasteiger charge is -2.18. The topological polar surface area (TPSA) is 47.6 Å². The maximum atomic E-state index is 11.4. The molecule has 1 rings (SSSR count). The molecule has 0 spiro atoms. The summed E-state index contributed by atoms with van der Waals surface area (Å²) in [5.74, 6) is -0.171. The molecule has 4 heteroatoms. The Hall–Kier alpha value is -0.610. The smallest absolute Gasteiger partial charge is 0.322 e. The van der Waals surface area contributed by atoms with Gasteiger partial charge in [0.1, 0.15) is 6.04 Å². The molecule has 1 heterocycles. The van der Waals surface area contributed by atoms with Crippen molar-refractivity contribution in [3.05, 3.63) is 0 Å². The minimum absolute atomic E-state index is 0.171. The van der Waals surface area contributed by atoms with Crippen LogP contribution < -0.4 is 5.32 Å². The Morgan fingerprint density at radius 3 is 3.00 bits per heavy atom. The predicted octanol–water partition coefficient (Wildman–Crippen LogP) is 1.10. The normalized spacial score (nSPS) is 22.7. The number of carbonyl (C=O) groups is 1. The number of nitrogens with one attached hydrogen (secondary N) is 1. The number of methoxy groups -OCH3 is 1. The molecule has 0 unspecified atom stereocenters. The Labute approximate surface area is 91.3 Å². The molecule has 0 bridgehead atoms. The van der Waals surface area contributed by atoms with Crippen molar-refractivity contribution in [2.45, 2.75) is 44.8 Å². The Balaban J connectivity index is 2.26. The van der Waals surface area contributed by atoms with E-state index in [9.17, 15) is 4.79 Å². The average Bonchev–Trinajstić information content (AvgIpc) is 2.76. The molecule has 15 heavy (non-hydrogen) atoms. The Morgan fingerprint density at radius 2 is 2.47 bits per heavy atom. The molecule has 0 aliphatic carbocycles. The van der Waals surface area contributed by atoms with Gasteiger partial charge in [-0.2, -0.15) is 0 Å². The van der Waals surface area contributed by atoms with Gasteiger partial charge in [-0.3, -0.25) is 4.79 Å². The van der Waals surface area contributed by atoms with Crippen LogP contribution in [-0.2, 0) is 14.3 Å². The third-order valence-electron chi connectivity index (χ3n) is 2.68. The molecule has 0 radical (unpaired) electrons. The highest BCUT2D eigenvalue weighted by atomic mass is 16.5. The minimum atomic E-state index is -0.177. The highest BCUT2D eigenvalue weighted by molar-refractivity contribution is 5.75. The van der Waals surface area contributed by atoms with Crippen LogP contribution in [0.4, 0.5) is 0 Å². The molecule has 0 aromatic rings. The SMILES string of the molecule is CCC[C@@H](NC[C@H]1CCCO1)C(=O)OC. The Bertz CT molecular complexity index is 190. The van der Waals surface area contributed by atoms with Gasteiger partial charge in [0.05, 0.1) is 13.2 Å². The molecule has 4 nitrogen and oxygen atoms in total. The van der Waals surface area contributed by atoms with E-state index in [0.717, 1.165) is 38.8 Å². The van der Waals surface area contributed by atoms with Gasteiger partial charge in [-0.15, -0.1) is 0 Å². The zero-order valence-corrected chi connectivity index (χ0v) is 9.62. The molecule has 0 saturated carbocycles. The van der Waals surface area contributed by atoms with Crippen molar-refractivity contribution in [1.29, 1.82) is 0 Å². The van der Waals surface area contributed by atoms with E-state index in [1.807, 2.05) is 0 Å². The highest BCUT2D eigenvalue weighted by Gasteiger charge is 2.21. The summed E-state index contributed by atoms with van der Waals surface area (Å²) in [6.45, 7) is 3.66. The highest BCUT2D eigenvalue weighted by Crippen LogP contribution is 2.11. The minimum Gasteiger partial charge on any atom is -0.468 e. The summed E-state index contributed by atoms with van der Waals surface area (Å²) < 4.78 is 10.2. The summed E-state index contributed by atoms with van der Waals surface area (Å²) in [5, 5.41) is 3.21. The van der Waals surface area contributed by atoms with Gasteiger partial charge in [-0.1, -0.05) is 13.3 Å². The Kier molecular flexibility index (Phi) is 5.65. The van der Waals surface area contributed by atoms with E-state index in [0.29, 0.717) is 0 Å². The molecule has 2 atom stereocenters. The van der Waals surface area contributed by atoms with Crippen molar-refractivity contribution in [1.82, 2.24) is 5.32 Å². The lowest BCUT2D eigenvalue weighted by Crippen LogP contribution is -2.41. The van der Waals surface area contributed by atoms with Crippen LogP contribution in [0.3, 0.4) is 0 Å². The maximum Gasteiger partial charge on any atom is 0.322 e. The summed E-state index contributed by atoms with van der Waals surface area (Å²) in [6, 6.07) is -0.177. The monoisotopic (exact) mass is 215 g/mol. The summed E-state index contributed by atoms with van der Waals surface area (Å²) in [5.41, 5.74) is 0. The van der Waals surface area contributed by atoms with E-state index in [-0.39, 0.29) is 18.1 Å². The third kappa shape index (κ3) is 4.18. The van der Waals surface area contributed by atoms with Crippen LogP contribution in [0, 0.1) is 0 Å². The van der Waals surface area contributed by atoms with Crippen molar-refractivity contribution in [2.75, 3.05) is 20.3 Å². The number of ether oxygens (including phenoxy) is 2. The van der Waals surface area contributed by atoms with Crippen molar-refractivity contribution >= 4 is 5.97 Å². The molecule has 1 saturated heterocycles. The molecular formula is C11H21NO3. The lowest BCUT2D eigenvalue weighted by atomic mass is 10.1. The van der Waals surface area contributed by atoms with E-state index < -0.39 is 0 Å². The molecule has 88 valence electrons. The fourth-order valence-corrected chi connectivity index (χ4v) is 1.81. The van der Waals surface area contributed by atoms with Gasteiger partial charge < -0.3 is 14.8 Å². The molecule has 0 aromatic carbocycles. The number of hydrogen-bond donors (Lipinski definition) is 1. The van der Waals surface area contributed by atoms with Crippen LogP contribution in [-0.4, -0.2) is 38.4 Å². The first-order valence-electron chi connectivity index (χ1n) is 5.70. The van der Waals surface area contributed by atoms with Gasteiger partial charge in [0.2, 0.25) is 0 Å². The summed E-state index contributed by atoms with van der Waals surface area (Å²) >= 11 is 0. The van der Waals surface area contributed by atoms with Gasteiger partial charge in [0, 0.05) is 13.2 Å². The van der Waals surface area contributed by atoms with Crippen LogP contribution in [0.25, 0.3) is 0 Å². The van der Waals surface area contributed by atoms with E-state index >= 15 is 0 Å². The maximum absolute atomic E-state index is 11.4. The molecule has 1 fully saturated rings. The fraction of sp³-hybridized carbons (Fsp3) is 0.909. The zero-order valence-electron chi connectivity index (χ0n) is 9.62. The summed E-state index contributed by atoms with van der Waals surface area (Å²) in [6.07, 6.45) is 4.28. The molecule has 0 amide bonds. The second-order valence-electron chi connectivity index (χ2n) is 3.91. The first-order chi connectivity index (χ1) is 7.27. The Morgan fingerprint density at radius 1 is 1.67 bits per heavy atom. The number of hydrogen-bond acceptors (Lipinski definition) is 4. The largest absolute Gasteiger partial charge is 0.468 e. The summed E-state index contributed by atoms with van der Waals surface area (Å²) in [4.78, 5) is 11.4. The van der Waals surface area contributed by atoms with E-state index in [1.165, 1.54) is 7.11 Å². The van der Waals surface area contributed by atoms with Gasteiger partial charge in [0.15, 0.2) is 0 Å². The second-order valence-corrected chi connectivity index (χ2v) is 3.91. The van der Waals surface area contributed by atoms with Crippen LogP contribution >= 0.6 is 0 Å². The molecule has 1 N–H and O–H groups in total. The van der Waals surface area contributed by atoms with E-state index in [4.69, 9.17) is 9.47 Å². The van der Waals surface area contributed by atoms with Gasteiger partial charge in [0.25, 0.3) is 0 Å². The first kappa shape index (κ1) is 12.5. The first-order valence-corrected chi connectivity index (χ1v) is 5.70. The van der Waals surface area contributed by atoms with Gasteiger partial charge >= 0.3 is 5.97 Å². The third-order valence-corrected chi connectivity index (χ3v) is 2.68. The van der Waals surface area contributed by atoms with Crippen molar-refractivity contribution in [3.8, 4) is 0 Å². The molecule has 1 aliphatic heterocycles.